The standard InChI is InChI=1S/C22H28N6O5S/c1-13-11-23-20(24-12-13)19(33-5)14(2)34(29,30)27-22-26-25-21(15-9-10-15)28(22)18-16(31-3)7-6-8-17(18)32-4/h6-8,11-12,14-15,19H,9-10H2,1-5H3,(H,26,27)/t14-,19-/m0/s1. The average Bonchev–Trinajstić information content (AvgIpc) is 3.60. The van der Waals surface area contributed by atoms with Crippen LogP contribution in [0.5, 0.6) is 11.5 Å². The van der Waals surface area contributed by atoms with Crippen molar-refractivity contribution in [1.82, 2.24) is 24.7 Å². The number of aryl methyl sites for hydroxylation is 1. The van der Waals surface area contributed by atoms with Crippen LogP contribution in [0.15, 0.2) is 30.6 Å². The summed E-state index contributed by atoms with van der Waals surface area (Å²) in [6, 6.07) is 5.33. The molecule has 0 unspecified atom stereocenters. The number of para-hydroxylation sites is 1. The number of ether oxygens (including phenoxy) is 3. The van der Waals surface area contributed by atoms with Crippen LogP contribution in [0.2, 0.25) is 0 Å². The fourth-order valence-electron chi connectivity index (χ4n) is 3.68. The Kier molecular flexibility index (Phi) is 6.71. The van der Waals surface area contributed by atoms with E-state index >= 15 is 0 Å². The van der Waals surface area contributed by atoms with Gasteiger partial charge in [0.15, 0.2) is 5.82 Å². The predicted octanol–water partition coefficient (Wildman–Crippen LogP) is 2.78. The average molecular weight is 489 g/mol. The third-order valence-electron chi connectivity index (χ3n) is 5.71. The Labute approximate surface area is 198 Å². The molecule has 1 fully saturated rings. The monoisotopic (exact) mass is 488 g/mol. The van der Waals surface area contributed by atoms with Crippen molar-refractivity contribution in [3.8, 4) is 17.2 Å². The van der Waals surface area contributed by atoms with Crippen LogP contribution in [0.3, 0.4) is 0 Å². The second kappa shape index (κ2) is 9.55. The predicted molar refractivity (Wildman–Crippen MR) is 125 cm³/mol. The van der Waals surface area contributed by atoms with Gasteiger partial charge in [-0.15, -0.1) is 10.2 Å². The number of anilines is 1. The summed E-state index contributed by atoms with van der Waals surface area (Å²) in [5.74, 6) is 2.12. The molecule has 11 nitrogen and oxygen atoms in total. The lowest BCUT2D eigenvalue weighted by molar-refractivity contribution is 0.0949. The number of aromatic nitrogens is 5. The van der Waals surface area contributed by atoms with Gasteiger partial charge >= 0.3 is 0 Å². The molecule has 0 aliphatic heterocycles. The van der Waals surface area contributed by atoms with Crippen LogP contribution in [-0.4, -0.2) is 59.7 Å². The van der Waals surface area contributed by atoms with Gasteiger partial charge in [-0.2, -0.15) is 0 Å². The Morgan fingerprint density at radius 2 is 1.68 bits per heavy atom. The summed E-state index contributed by atoms with van der Waals surface area (Å²) in [6.07, 6.45) is 4.23. The van der Waals surface area contributed by atoms with Crippen molar-refractivity contribution in [2.45, 2.75) is 44.0 Å². The van der Waals surface area contributed by atoms with Gasteiger partial charge in [0.05, 0.1) is 14.2 Å². The summed E-state index contributed by atoms with van der Waals surface area (Å²) in [7, 11) is 0.495. The van der Waals surface area contributed by atoms with Crippen molar-refractivity contribution in [2.24, 2.45) is 0 Å². The van der Waals surface area contributed by atoms with Crippen molar-refractivity contribution < 1.29 is 22.6 Å². The van der Waals surface area contributed by atoms with Crippen molar-refractivity contribution in [1.29, 1.82) is 0 Å². The van der Waals surface area contributed by atoms with E-state index in [4.69, 9.17) is 14.2 Å². The Morgan fingerprint density at radius 3 is 2.21 bits per heavy atom. The van der Waals surface area contributed by atoms with Gasteiger partial charge in [-0.25, -0.2) is 18.4 Å². The van der Waals surface area contributed by atoms with E-state index in [0.29, 0.717) is 23.0 Å². The molecule has 2 heterocycles. The van der Waals surface area contributed by atoms with E-state index < -0.39 is 21.4 Å². The molecule has 0 amide bonds. The Hall–Kier alpha value is -3.25. The van der Waals surface area contributed by atoms with Crippen molar-refractivity contribution >= 4 is 16.0 Å². The molecule has 3 aromatic rings. The quantitative estimate of drug-likeness (QED) is 0.458. The molecule has 1 aromatic carbocycles. The minimum atomic E-state index is -4.00. The topological polar surface area (TPSA) is 130 Å². The smallest absolute Gasteiger partial charge is 0.243 e. The molecule has 12 heteroatoms. The Balaban J connectivity index is 1.74. The van der Waals surface area contributed by atoms with Crippen LogP contribution in [0.25, 0.3) is 5.69 Å². The van der Waals surface area contributed by atoms with Gasteiger partial charge in [0, 0.05) is 25.4 Å². The van der Waals surface area contributed by atoms with Gasteiger partial charge in [-0.3, -0.25) is 9.29 Å². The number of hydrogen-bond donors (Lipinski definition) is 1. The normalized spacial score (nSPS) is 15.6. The zero-order valence-electron chi connectivity index (χ0n) is 19.7. The number of nitrogens with zero attached hydrogens (tertiary/aromatic N) is 5. The lowest BCUT2D eigenvalue weighted by Gasteiger charge is -2.23. The molecule has 0 saturated heterocycles. The SMILES string of the molecule is COc1cccc(OC)c1-n1c(NS(=O)(=O)[C@@H](C)[C@H](OC)c2ncc(C)cn2)nnc1C1CC1. The lowest BCUT2D eigenvalue weighted by Crippen LogP contribution is -2.33. The fourth-order valence-corrected chi connectivity index (χ4v) is 4.81. The minimum absolute atomic E-state index is 0.0382. The number of sulfonamides is 1. The molecule has 1 aliphatic carbocycles. The van der Waals surface area contributed by atoms with E-state index in [0.717, 1.165) is 18.4 Å². The number of rotatable bonds is 10. The first-order valence-electron chi connectivity index (χ1n) is 10.8. The minimum Gasteiger partial charge on any atom is -0.494 e. The molecular weight excluding hydrogens is 460 g/mol. The van der Waals surface area contributed by atoms with Crippen LogP contribution >= 0.6 is 0 Å². The third-order valence-corrected chi connectivity index (χ3v) is 7.41. The second-order valence-corrected chi connectivity index (χ2v) is 10.2. The van der Waals surface area contributed by atoms with Gasteiger partial charge in [-0.1, -0.05) is 6.07 Å². The largest absolute Gasteiger partial charge is 0.494 e. The van der Waals surface area contributed by atoms with Crippen molar-refractivity contribution in [3.05, 3.63) is 47.8 Å². The third kappa shape index (κ3) is 4.55. The maximum Gasteiger partial charge on any atom is 0.243 e. The number of nitrogens with one attached hydrogen (secondary N) is 1. The van der Waals surface area contributed by atoms with Crippen LogP contribution in [0.1, 0.15) is 49.0 Å². The highest BCUT2D eigenvalue weighted by Crippen LogP contribution is 2.44. The molecule has 1 saturated carbocycles. The highest BCUT2D eigenvalue weighted by atomic mass is 32.2. The molecule has 4 rings (SSSR count). The molecule has 0 radical (unpaired) electrons. The van der Waals surface area contributed by atoms with E-state index in [1.54, 1.807) is 35.2 Å². The molecule has 1 aliphatic rings. The summed E-state index contributed by atoms with van der Waals surface area (Å²) in [5, 5.41) is 7.45. The van der Waals surface area contributed by atoms with E-state index in [-0.39, 0.29) is 17.7 Å². The summed E-state index contributed by atoms with van der Waals surface area (Å²) < 4.78 is 47.7. The zero-order chi connectivity index (χ0) is 24.5. The fraction of sp³-hybridized carbons (Fsp3) is 0.455. The van der Waals surface area contributed by atoms with Gasteiger partial charge in [0.25, 0.3) is 0 Å². The van der Waals surface area contributed by atoms with Crippen molar-refractivity contribution in [2.75, 3.05) is 26.1 Å². The molecule has 182 valence electrons. The molecule has 0 spiro atoms. The molecular formula is C22H28N6O5S. The Morgan fingerprint density at radius 1 is 1.06 bits per heavy atom. The highest BCUT2D eigenvalue weighted by Gasteiger charge is 2.37. The maximum atomic E-state index is 13.4. The molecule has 2 aromatic heterocycles. The molecule has 34 heavy (non-hydrogen) atoms. The first kappa shape index (κ1) is 23.9. The number of methoxy groups -OCH3 is 3. The summed E-state index contributed by atoms with van der Waals surface area (Å²) in [6.45, 7) is 3.38. The maximum absolute atomic E-state index is 13.4. The highest BCUT2D eigenvalue weighted by molar-refractivity contribution is 7.93. The van der Waals surface area contributed by atoms with Gasteiger partial charge in [0.2, 0.25) is 16.0 Å². The van der Waals surface area contributed by atoms with Crippen LogP contribution in [0, 0.1) is 6.92 Å². The van der Waals surface area contributed by atoms with E-state index in [1.807, 2.05) is 6.92 Å². The van der Waals surface area contributed by atoms with Crippen LogP contribution < -0.4 is 14.2 Å². The molecule has 0 bridgehead atoms. The summed E-state index contributed by atoms with van der Waals surface area (Å²) in [5.41, 5.74) is 1.38. The number of benzene rings is 1. The number of hydrogen-bond acceptors (Lipinski definition) is 9. The first-order valence-corrected chi connectivity index (χ1v) is 12.3. The van der Waals surface area contributed by atoms with Crippen LogP contribution in [-0.2, 0) is 14.8 Å². The lowest BCUT2D eigenvalue weighted by atomic mass is 10.2. The molecule has 2 atom stereocenters. The van der Waals surface area contributed by atoms with E-state index in [9.17, 15) is 8.42 Å². The summed E-state index contributed by atoms with van der Waals surface area (Å²) >= 11 is 0. The second-order valence-electron chi connectivity index (χ2n) is 8.13. The van der Waals surface area contributed by atoms with E-state index in [2.05, 4.69) is 24.9 Å². The first-order chi connectivity index (χ1) is 16.3. The van der Waals surface area contributed by atoms with Gasteiger partial charge in [0.1, 0.15) is 34.4 Å². The Bertz CT molecular complexity index is 1240. The van der Waals surface area contributed by atoms with Crippen LogP contribution in [0.4, 0.5) is 5.95 Å². The molecule has 1 N–H and O–H groups in total. The van der Waals surface area contributed by atoms with Crippen molar-refractivity contribution in [3.63, 3.8) is 0 Å². The van der Waals surface area contributed by atoms with Gasteiger partial charge in [-0.05, 0) is 44.4 Å². The summed E-state index contributed by atoms with van der Waals surface area (Å²) in [4.78, 5) is 8.49. The van der Waals surface area contributed by atoms with Gasteiger partial charge < -0.3 is 14.2 Å². The van der Waals surface area contributed by atoms with E-state index in [1.165, 1.54) is 28.3 Å². The zero-order valence-corrected chi connectivity index (χ0v) is 20.5.